The van der Waals surface area contributed by atoms with Crippen LogP contribution in [0.2, 0.25) is 0 Å². The van der Waals surface area contributed by atoms with Gasteiger partial charge in [0.1, 0.15) is 11.8 Å². The molecule has 0 aliphatic rings. The Morgan fingerprint density at radius 3 is 3.06 bits per heavy atom. The number of hydrogen-bond acceptors (Lipinski definition) is 6. The van der Waals surface area contributed by atoms with Crippen LogP contribution in [0.4, 0.5) is 5.82 Å². The second-order valence-electron chi connectivity index (χ2n) is 3.62. The maximum absolute atomic E-state index is 5.34. The summed E-state index contributed by atoms with van der Waals surface area (Å²) in [6, 6.07) is 0. The fraction of sp³-hybridized carbons (Fsp3) is 0.500. The van der Waals surface area contributed by atoms with E-state index in [0.717, 1.165) is 17.9 Å². The minimum Gasteiger partial charge on any atom is -0.378 e. The molecule has 0 saturated carbocycles. The second-order valence-corrected chi connectivity index (χ2v) is 3.62. The van der Waals surface area contributed by atoms with Crippen LogP contribution in [-0.4, -0.2) is 53.3 Å². The molecule has 7 nitrogen and oxygen atoms in total. The lowest BCUT2D eigenvalue weighted by molar-refractivity contribution is 0.148. The zero-order valence-corrected chi connectivity index (χ0v) is 9.76. The number of nitrogens with zero attached hydrogens (tertiary/aromatic N) is 4. The minimum absolute atomic E-state index is 0.544. The molecule has 0 spiro atoms. The number of ether oxygens (including phenoxy) is 1. The van der Waals surface area contributed by atoms with Crippen molar-refractivity contribution >= 4 is 17.0 Å². The first-order valence-electron chi connectivity index (χ1n) is 5.46. The number of nitrogens with two attached hydrogens (primary N) is 1. The Morgan fingerprint density at radius 1 is 1.35 bits per heavy atom. The number of likely N-dealkylation sites (N-methyl/N-ethyl adjacent to an activating group) is 1. The number of H-pyrrole nitrogens is 1. The van der Waals surface area contributed by atoms with E-state index in [9.17, 15) is 0 Å². The van der Waals surface area contributed by atoms with Gasteiger partial charge in [0.2, 0.25) is 0 Å². The van der Waals surface area contributed by atoms with E-state index in [1.54, 1.807) is 6.33 Å². The van der Waals surface area contributed by atoms with Crippen molar-refractivity contribution in [2.24, 2.45) is 5.73 Å². The molecule has 0 saturated heterocycles. The summed E-state index contributed by atoms with van der Waals surface area (Å²) >= 11 is 0. The Kier molecular flexibility index (Phi) is 3.84. The van der Waals surface area contributed by atoms with Gasteiger partial charge in [-0.3, -0.25) is 0 Å². The molecule has 2 aromatic rings. The lowest BCUT2D eigenvalue weighted by Crippen LogP contribution is -2.25. The van der Waals surface area contributed by atoms with Gasteiger partial charge in [0.05, 0.1) is 19.5 Å². The maximum Gasteiger partial charge on any atom is 0.182 e. The minimum atomic E-state index is 0.544. The quantitative estimate of drug-likeness (QED) is 0.673. The van der Waals surface area contributed by atoms with E-state index in [-0.39, 0.29) is 0 Å². The van der Waals surface area contributed by atoms with Crippen LogP contribution in [0.15, 0.2) is 12.7 Å². The summed E-state index contributed by atoms with van der Waals surface area (Å²) in [6.45, 7) is 2.48. The van der Waals surface area contributed by atoms with Crippen LogP contribution in [0.1, 0.15) is 0 Å². The molecule has 2 rings (SSSR count). The lowest BCUT2D eigenvalue weighted by Gasteiger charge is -2.17. The number of aromatic nitrogens is 4. The van der Waals surface area contributed by atoms with Crippen LogP contribution in [0.25, 0.3) is 11.2 Å². The highest BCUT2D eigenvalue weighted by Gasteiger charge is 2.09. The third kappa shape index (κ3) is 2.69. The zero-order valence-electron chi connectivity index (χ0n) is 9.76. The number of aromatic amines is 1. The number of anilines is 1. The molecule has 7 heteroatoms. The van der Waals surface area contributed by atoms with E-state index < -0.39 is 0 Å². The van der Waals surface area contributed by atoms with Gasteiger partial charge in [-0.05, 0) is 0 Å². The molecular formula is C10H16N6O. The molecule has 0 bridgehead atoms. The van der Waals surface area contributed by atoms with Crippen LogP contribution in [0.5, 0.6) is 0 Å². The maximum atomic E-state index is 5.34. The van der Waals surface area contributed by atoms with Crippen LogP contribution >= 0.6 is 0 Å². The van der Waals surface area contributed by atoms with Gasteiger partial charge in [-0.15, -0.1) is 0 Å². The average Bonchev–Trinajstić information content (AvgIpc) is 2.82. The van der Waals surface area contributed by atoms with Crippen LogP contribution < -0.4 is 10.6 Å². The van der Waals surface area contributed by atoms with Crippen molar-refractivity contribution in [3.8, 4) is 0 Å². The number of fused-ring (bicyclic) bond motifs is 1. The smallest absolute Gasteiger partial charge is 0.182 e. The number of imidazole rings is 1. The van der Waals surface area contributed by atoms with Crippen molar-refractivity contribution in [3.05, 3.63) is 12.7 Å². The van der Waals surface area contributed by atoms with Crippen molar-refractivity contribution in [1.82, 2.24) is 19.9 Å². The first kappa shape index (κ1) is 11.7. The molecule has 0 aromatic carbocycles. The Bertz CT molecular complexity index is 471. The molecular weight excluding hydrogens is 220 g/mol. The number of rotatable bonds is 6. The zero-order chi connectivity index (χ0) is 12.1. The third-order valence-electron chi connectivity index (χ3n) is 2.40. The van der Waals surface area contributed by atoms with Crippen molar-refractivity contribution in [2.75, 3.05) is 38.3 Å². The molecule has 92 valence electrons. The number of hydrogen-bond donors (Lipinski definition) is 2. The largest absolute Gasteiger partial charge is 0.378 e. The highest BCUT2D eigenvalue weighted by Crippen LogP contribution is 2.17. The monoisotopic (exact) mass is 236 g/mol. The first-order valence-corrected chi connectivity index (χ1v) is 5.46. The molecule has 2 aromatic heterocycles. The molecule has 0 unspecified atom stereocenters. The molecule has 0 amide bonds. The lowest BCUT2D eigenvalue weighted by atomic mass is 10.4. The molecule has 0 atom stereocenters. The summed E-state index contributed by atoms with van der Waals surface area (Å²) in [7, 11) is 1.95. The summed E-state index contributed by atoms with van der Waals surface area (Å²) in [6.07, 6.45) is 3.12. The van der Waals surface area contributed by atoms with E-state index >= 15 is 0 Å². The standard InChI is InChI=1S/C10H16N6O/c1-16(3-5-17-4-2-11)10-8-9(13-6-12-8)14-7-15-10/h6-7H,2-5,11H2,1H3,(H,12,13,14,15). The molecule has 3 N–H and O–H groups in total. The normalized spacial score (nSPS) is 10.9. The van der Waals surface area contributed by atoms with Gasteiger partial charge in [-0.25, -0.2) is 15.0 Å². The van der Waals surface area contributed by atoms with E-state index in [1.807, 2.05) is 11.9 Å². The second kappa shape index (κ2) is 5.55. The van der Waals surface area contributed by atoms with E-state index in [2.05, 4.69) is 19.9 Å². The van der Waals surface area contributed by atoms with Crippen LogP contribution in [0.3, 0.4) is 0 Å². The van der Waals surface area contributed by atoms with E-state index in [4.69, 9.17) is 10.5 Å². The molecule has 2 heterocycles. The van der Waals surface area contributed by atoms with Crippen LogP contribution in [0, 0.1) is 0 Å². The third-order valence-corrected chi connectivity index (χ3v) is 2.40. The van der Waals surface area contributed by atoms with Crippen molar-refractivity contribution < 1.29 is 4.74 Å². The summed E-state index contributed by atoms with van der Waals surface area (Å²) in [5, 5.41) is 0. The van der Waals surface area contributed by atoms with Crippen molar-refractivity contribution in [1.29, 1.82) is 0 Å². The predicted octanol–water partition coefficient (Wildman–Crippen LogP) is -0.236. The van der Waals surface area contributed by atoms with Crippen LogP contribution in [-0.2, 0) is 4.74 Å². The molecule has 0 aliphatic heterocycles. The van der Waals surface area contributed by atoms with Crippen molar-refractivity contribution in [2.45, 2.75) is 0 Å². The predicted molar refractivity (Wildman–Crippen MR) is 64.8 cm³/mol. The Balaban J connectivity index is 2.03. The first-order chi connectivity index (χ1) is 8.33. The van der Waals surface area contributed by atoms with Gasteiger partial charge >= 0.3 is 0 Å². The summed E-state index contributed by atoms with van der Waals surface area (Å²) in [4.78, 5) is 17.4. The number of nitrogens with one attached hydrogen (secondary N) is 1. The Labute approximate surface area is 99.0 Å². The Hall–Kier alpha value is -1.73. The highest BCUT2D eigenvalue weighted by molar-refractivity contribution is 5.82. The average molecular weight is 236 g/mol. The fourth-order valence-corrected chi connectivity index (χ4v) is 1.53. The van der Waals surface area contributed by atoms with E-state index in [1.165, 1.54) is 6.33 Å². The topological polar surface area (TPSA) is 93.0 Å². The fourth-order valence-electron chi connectivity index (χ4n) is 1.53. The van der Waals surface area contributed by atoms with Gasteiger partial charge in [0.15, 0.2) is 11.5 Å². The van der Waals surface area contributed by atoms with E-state index in [0.29, 0.717) is 25.4 Å². The summed E-state index contributed by atoms with van der Waals surface area (Å²) in [5.74, 6) is 0.823. The molecule has 0 fully saturated rings. The van der Waals surface area contributed by atoms with Gasteiger partial charge < -0.3 is 20.4 Å². The van der Waals surface area contributed by atoms with Crippen molar-refractivity contribution in [3.63, 3.8) is 0 Å². The molecule has 17 heavy (non-hydrogen) atoms. The molecule has 0 radical (unpaired) electrons. The summed E-state index contributed by atoms with van der Waals surface area (Å²) < 4.78 is 5.33. The Morgan fingerprint density at radius 2 is 2.24 bits per heavy atom. The van der Waals surface area contributed by atoms with Gasteiger partial charge in [-0.2, -0.15) is 0 Å². The highest BCUT2D eigenvalue weighted by atomic mass is 16.5. The van der Waals surface area contributed by atoms with Gasteiger partial charge in [-0.1, -0.05) is 0 Å². The summed E-state index contributed by atoms with van der Waals surface area (Å²) in [5.41, 5.74) is 6.86. The molecule has 0 aliphatic carbocycles. The van der Waals surface area contributed by atoms with Gasteiger partial charge in [0, 0.05) is 20.1 Å². The SMILES string of the molecule is CN(CCOCCN)c1ncnc2nc[nH]c12. The van der Waals surface area contributed by atoms with Gasteiger partial charge in [0.25, 0.3) is 0 Å².